The average molecular weight is 401 g/mol. The van der Waals surface area contributed by atoms with Crippen LogP contribution < -0.4 is 4.74 Å². The zero-order valence-electron chi connectivity index (χ0n) is 14.2. The van der Waals surface area contributed by atoms with E-state index in [1.165, 1.54) is 6.20 Å². The summed E-state index contributed by atoms with van der Waals surface area (Å²) < 4.78 is 5.13. The number of azo groups is 2. The fourth-order valence-corrected chi connectivity index (χ4v) is 2.46. The number of hydrogen-bond acceptors (Lipinski definition) is 7. The molecule has 1 atom stereocenters. The number of rotatable bonds is 6. The summed E-state index contributed by atoms with van der Waals surface area (Å²) in [5, 5.41) is 17.5. The highest BCUT2D eigenvalue weighted by Gasteiger charge is 2.10. The lowest BCUT2D eigenvalue weighted by molar-refractivity contribution is 0.415. The van der Waals surface area contributed by atoms with E-state index in [9.17, 15) is 0 Å². The van der Waals surface area contributed by atoms with Gasteiger partial charge in [-0.1, -0.05) is 29.3 Å². The van der Waals surface area contributed by atoms with Crippen LogP contribution in [0.1, 0.15) is 11.7 Å². The van der Waals surface area contributed by atoms with E-state index in [0.717, 1.165) is 11.3 Å². The van der Waals surface area contributed by atoms with Crippen LogP contribution >= 0.6 is 23.2 Å². The predicted octanol–water partition coefficient (Wildman–Crippen LogP) is 6.36. The van der Waals surface area contributed by atoms with Gasteiger partial charge in [0.25, 0.3) is 0 Å². The summed E-state index contributed by atoms with van der Waals surface area (Å²) >= 11 is 11.9. The van der Waals surface area contributed by atoms with Gasteiger partial charge in [-0.3, -0.25) is 4.98 Å². The molecule has 1 aromatic carbocycles. The molecule has 0 aliphatic rings. The van der Waals surface area contributed by atoms with Crippen LogP contribution in [-0.4, -0.2) is 17.1 Å². The van der Waals surface area contributed by atoms with Gasteiger partial charge < -0.3 is 4.74 Å². The maximum absolute atomic E-state index is 6.08. The van der Waals surface area contributed by atoms with Gasteiger partial charge >= 0.3 is 0 Å². The van der Waals surface area contributed by atoms with Crippen LogP contribution in [0.3, 0.4) is 0 Å². The number of halogens is 2. The largest absolute Gasteiger partial charge is 0.497 e. The van der Waals surface area contributed by atoms with Crippen molar-refractivity contribution in [1.29, 1.82) is 0 Å². The third-order valence-corrected chi connectivity index (χ3v) is 3.87. The van der Waals surface area contributed by atoms with Gasteiger partial charge in [0.1, 0.15) is 5.75 Å². The summed E-state index contributed by atoms with van der Waals surface area (Å²) in [4.78, 5) is 8.14. The third kappa shape index (κ3) is 5.29. The highest BCUT2D eigenvalue weighted by Crippen LogP contribution is 2.28. The second-order valence-corrected chi connectivity index (χ2v) is 6.09. The van der Waals surface area contributed by atoms with Crippen LogP contribution in [0.15, 0.2) is 81.5 Å². The van der Waals surface area contributed by atoms with Crippen molar-refractivity contribution in [1.82, 2.24) is 9.97 Å². The van der Waals surface area contributed by atoms with E-state index in [0.29, 0.717) is 15.7 Å². The van der Waals surface area contributed by atoms with Crippen molar-refractivity contribution >= 4 is 34.7 Å². The molecule has 0 saturated carbocycles. The minimum absolute atomic E-state index is 0.245. The van der Waals surface area contributed by atoms with Crippen LogP contribution in [0.5, 0.6) is 5.75 Å². The van der Waals surface area contributed by atoms with Gasteiger partial charge in [-0.2, -0.15) is 15.3 Å². The number of nitrogens with zero attached hydrogens (tertiary/aromatic N) is 6. The highest BCUT2D eigenvalue weighted by molar-refractivity contribution is 6.35. The zero-order chi connectivity index (χ0) is 19.1. The molecule has 0 radical (unpaired) electrons. The topological polar surface area (TPSA) is 84.5 Å². The Morgan fingerprint density at radius 1 is 1.00 bits per heavy atom. The molecule has 0 aliphatic heterocycles. The van der Waals surface area contributed by atoms with Crippen molar-refractivity contribution in [2.24, 2.45) is 20.5 Å². The Kier molecular flexibility index (Phi) is 6.40. The summed E-state index contributed by atoms with van der Waals surface area (Å²) in [7, 11) is 1.60. The van der Waals surface area contributed by atoms with Gasteiger partial charge in [0.15, 0.2) is 5.82 Å². The Hall–Kier alpha value is -2.90. The molecule has 0 N–H and O–H groups in total. The van der Waals surface area contributed by atoms with Crippen LogP contribution in [0.2, 0.25) is 10.0 Å². The van der Waals surface area contributed by atoms with E-state index in [4.69, 9.17) is 27.9 Å². The first kappa shape index (κ1) is 18.9. The Bertz CT molecular complexity index is 948. The molecule has 0 amide bonds. The summed E-state index contributed by atoms with van der Waals surface area (Å²) in [5.74, 6) is 0.982. The van der Waals surface area contributed by atoms with Crippen LogP contribution in [0.25, 0.3) is 0 Å². The Morgan fingerprint density at radius 3 is 2.44 bits per heavy atom. The van der Waals surface area contributed by atoms with E-state index in [1.54, 1.807) is 55.9 Å². The fraction of sp³-hybridized carbons (Fsp3) is 0.111. The molecule has 27 heavy (non-hydrogen) atoms. The lowest BCUT2D eigenvalue weighted by Gasteiger charge is -2.05. The zero-order valence-corrected chi connectivity index (χ0v) is 15.7. The first-order valence-corrected chi connectivity index (χ1v) is 8.58. The molecule has 136 valence electrons. The number of pyridine rings is 2. The highest BCUT2D eigenvalue weighted by atomic mass is 35.5. The number of hydrogen-bond donors (Lipinski definition) is 0. The molecule has 3 rings (SSSR count). The summed E-state index contributed by atoms with van der Waals surface area (Å²) in [5.41, 5.74) is 1.38. The van der Waals surface area contributed by atoms with Gasteiger partial charge in [-0.25, -0.2) is 4.98 Å². The normalized spacial score (nSPS) is 12.6. The molecule has 2 heterocycles. The molecular formula is C18H14Cl2N6O. The molecule has 0 aliphatic carbocycles. The first-order chi connectivity index (χ1) is 13.2. The second kappa shape index (κ2) is 9.16. The van der Waals surface area contributed by atoms with E-state index in [1.807, 2.05) is 6.07 Å². The molecule has 0 bridgehead atoms. The average Bonchev–Trinajstić information content (AvgIpc) is 2.70. The predicted molar refractivity (Wildman–Crippen MR) is 103 cm³/mol. The van der Waals surface area contributed by atoms with Crippen LogP contribution in [0.4, 0.5) is 11.5 Å². The van der Waals surface area contributed by atoms with Crippen molar-refractivity contribution in [2.75, 3.05) is 7.11 Å². The van der Waals surface area contributed by atoms with Crippen LogP contribution in [-0.2, 0) is 0 Å². The molecular weight excluding hydrogens is 387 g/mol. The Morgan fingerprint density at radius 2 is 1.78 bits per heavy atom. The maximum Gasteiger partial charge on any atom is 0.208 e. The van der Waals surface area contributed by atoms with Crippen molar-refractivity contribution in [3.05, 3.63) is 76.7 Å². The Balaban J connectivity index is 1.86. The minimum Gasteiger partial charge on any atom is -0.497 e. The summed E-state index contributed by atoms with van der Waals surface area (Å²) in [6.45, 7) is 0. The molecule has 2 aromatic heterocycles. The fourth-order valence-electron chi connectivity index (χ4n) is 2.05. The molecule has 0 spiro atoms. The molecule has 1 unspecified atom stereocenters. The molecule has 3 aromatic rings. The number of aromatic nitrogens is 2. The molecule has 9 heteroatoms. The monoisotopic (exact) mass is 400 g/mol. The Labute approximate surface area is 165 Å². The lowest BCUT2D eigenvalue weighted by atomic mass is 10.2. The quantitative estimate of drug-likeness (QED) is 0.451. The smallest absolute Gasteiger partial charge is 0.208 e. The van der Waals surface area contributed by atoms with Gasteiger partial charge in [0.05, 0.1) is 22.8 Å². The van der Waals surface area contributed by atoms with E-state index in [-0.39, 0.29) is 5.82 Å². The third-order valence-electron chi connectivity index (χ3n) is 3.39. The summed E-state index contributed by atoms with van der Waals surface area (Å²) in [6.07, 6.45) is 4.05. The number of ether oxygens (including phenoxy) is 1. The molecule has 0 saturated heterocycles. The van der Waals surface area contributed by atoms with E-state index in [2.05, 4.69) is 30.4 Å². The molecule has 7 nitrogen and oxygen atoms in total. The number of benzene rings is 1. The lowest BCUT2D eigenvalue weighted by Crippen LogP contribution is -1.91. The number of methoxy groups -OCH3 is 1. The first-order valence-electron chi connectivity index (χ1n) is 7.82. The van der Waals surface area contributed by atoms with Gasteiger partial charge in [0, 0.05) is 24.2 Å². The molecule has 0 fully saturated rings. The standard InChI is InChI=1S/C18H14Cl2N6O/c1-27-15-6-4-14(5-7-15)23-24-17(12-3-2-8-21-10-12)25-26-18-16(20)9-13(19)11-22-18/h2-11,17H,1H3. The van der Waals surface area contributed by atoms with Crippen LogP contribution in [0, 0.1) is 0 Å². The van der Waals surface area contributed by atoms with Gasteiger partial charge in [0.2, 0.25) is 6.17 Å². The van der Waals surface area contributed by atoms with E-state index < -0.39 is 6.17 Å². The van der Waals surface area contributed by atoms with Gasteiger partial charge in [-0.15, -0.1) is 5.11 Å². The van der Waals surface area contributed by atoms with Gasteiger partial charge in [-0.05, 0) is 36.4 Å². The maximum atomic E-state index is 6.08. The van der Waals surface area contributed by atoms with Crippen molar-refractivity contribution < 1.29 is 4.74 Å². The minimum atomic E-state index is -0.700. The van der Waals surface area contributed by atoms with Crippen molar-refractivity contribution in [2.45, 2.75) is 6.17 Å². The van der Waals surface area contributed by atoms with E-state index >= 15 is 0 Å². The SMILES string of the molecule is COc1ccc(N=NC(N=Nc2ncc(Cl)cc2Cl)c2cccnc2)cc1. The second-order valence-electron chi connectivity index (χ2n) is 5.25. The van der Waals surface area contributed by atoms with Crippen molar-refractivity contribution in [3.63, 3.8) is 0 Å². The summed E-state index contributed by atoms with van der Waals surface area (Å²) in [6, 6.07) is 12.3. The van der Waals surface area contributed by atoms with Crippen molar-refractivity contribution in [3.8, 4) is 5.75 Å².